The maximum absolute atomic E-state index is 5.55. The summed E-state index contributed by atoms with van der Waals surface area (Å²) in [7, 11) is 0. The molecule has 4 nitrogen and oxygen atoms in total. The Kier molecular flexibility index (Phi) is 4.26. The number of hydrogen-bond acceptors (Lipinski definition) is 4. The number of hydrogen-bond donors (Lipinski definition) is 1. The average Bonchev–Trinajstić information content (AvgIpc) is 3.04. The number of hydroxylamine groups is 1. The van der Waals surface area contributed by atoms with Crippen LogP contribution in [-0.2, 0) is 11.3 Å². The van der Waals surface area contributed by atoms with E-state index in [9.17, 15) is 0 Å². The van der Waals surface area contributed by atoms with Crippen LogP contribution in [0.1, 0.15) is 42.7 Å². The number of aromatic nitrogens is 1. The molecular weight excluding hydrogens is 262 g/mol. The zero-order valence-electron chi connectivity index (χ0n) is 12.1. The first-order valence-electron chi connectivity index (χ1n) is 7.35. The van der Waals surface area contributed by atoms with Gasteiger partial charge in [-0.05, 0) is 30.5 Å². The smallest absolute Gasteiger partial charge is 0.202 e. The number of aryl methyl sites for hydroxylation is 1. The second-order valence-corrected chi connectivity index (χ2v) is 5.13. The lowest BCUT2D eigenvalue weighted by molar-refractivity contribution is 0.0377. The minimum atomic E-state index is -0.284. The summed E-state index contributed by atoms with van der Waals surface area (Å²) in [5.41, 5.74) is 6.30. The summed E-state index contributed by atoms with van der Waals surface area (Å²) >= 11 is 0. The molecule has 1 aromatic carbocycles. The average molecular weight is 281 g/mol. The van der Waals surface area contributed by atoms with Crippen molar-refractivity contribution in [2.75, 3.05) is 0 Å². The van der Waals surface area contributed by atoms with Gasteiger partial charge in [-0.2, -0.15) is 0 Å². The molecule has 1 aliphatic rings. The Labute approximate surface area is 124 Å². The summed E-state index contributed by atoms with van der Waals surface area (Å²) in [4.78, 5) is 14.1. The Balaban J connectivity index is 1.72. The molecule has 2 heterocycles. The van der Waals surface area contributed by atoms with Gasteiger partial charge in [-0.1, -0.05) is 37.6 Å². The Hall–Kier alpha value is -2.20. The number of benzene rings is 1. The largest absolute Gasteiger partial charge is 0.265 e. The Morgan fingerprint density at radius 3 is 2.57 bits per heavy atom. The van der Waals surface area contributed by atoms with E-state index in [-0.39, 0.29) is 6.23 Å². The van der Waals surface area contributed by atoms with Crippen molar-refractivity contribution >= 4 is 5.84 Å². The molecule has 1 aromatic heterocycles. The van der Waals surface area contributed by atoms with Crippen molar-refractivity contribution in [1.29, 1.82) is 0 Å². The third-order valence-electron chi connectivity index (χ3n) is 3.55. The second kappa shape index (κ2) is 6.50. The van der Waals surface area contributed by atoms with E-state index >= 15 is 0 Å². The van der Waals surface area contributed by atoms with Crippen LogP contribution in [0.2, 0.25) is 0 Å². The third-order valence-corrected chi connectivity index (χ3v) is 3.55. The SMILES string of the molecule is CCCCc1ccc(C2N=C(c3ccncc3)NO2)cc1. The van der Waals surface area contributed by atoms with Gasteiger partial charge in [0.05, 0.1) is 0 Å². The summed E-state index contributed by atoms with van der Waals surface area (Å²) in [6, 6.07) is 12.3. The van der Waals surface area contributed by atoms with Gasteiger partial charge in [-0.25, -0.2) is 15.3 Å². The molecule has 108 valence electrons. The standard InChI is InChI=1S/C17H19N3O/c1-2-3-4-13-5-7-15(8-6-13)17-19-16(20-21-17)14-9-11-18-12-10-14/h5-12,17H,2-4H2,1H3,(H,19,20). The lowest BCUT2D eigenvalue weighted by Crippen LogP contribution is -2.17. The number of aliphatic imine (C=N–C) groups is 1. The number of pyridine rings is 1. The van der Waals surface area contributed by atoms with E-state index in [0.29, 0.717) is 0 Å². The van der Waals surface area contributed by atoms with E-state index < -0.39 is 0 Å². The third kappa shape index (κ3) is 3.28. The highest BCUT2D eigenvalue weighted by molar-refractivity contribution is 5.98. The maximum Gasteiger partial charge on any atom is 0.202 e. The number of nitrogens with one attached hydrogen (secondary N) is 1. The number of unbranched alkanes of at least 4 members (excludes halogenated alkanes) is 1. The van der Waals surface area contributed by atoms with Crippen molar-refractivity contribution in [3.63, 3.8) is 0 Å². The Morgan fingerprint density at radius 1 is 1.10 bits per heavy atom. The lowest BCUT2D eigenvalue weighted by Gasteiger charge is -2.07. The second-order valence-electron chi connectivity index (χ2n) is 5.13. The molecular formula is C17H19N3O. The molecule has 1 atom stereocenters. The van der Waals surface area contributed by atoms with E-state index in [1.165, 1.54) is 18.4 Å². The molecule has 2 aromatic rings. The van der Waals surface area contributed by atoms with Crippen LogP contribution in [0.3, 0.4) is 0 Å². The fraction of sp³-hybridized carbons (Fsp3) is 0.294. The van der Waals surface area contributed by atoms with Crippen molar-refractivity contribution in [2.24, 2.45) is 4.99 Å². The first-order chi connectivity index (χ1) is 10.4. The summed E-state index contributed by atoms with van der Waals surface area (Å²) in [6.07, 6.45) is 6.78. The van der Waals surface area contributed by atoms with E-state index in [0.717, 1.165) is 23.4 Å². The Bertz CT molecular complexity index is 608. The molecule has 3 rings (SSSR count). The van der Waals surface area contributed by atoms with Gasteiger partial charge in [0.15, 0.2) is 5.84 Å². The molecule has 1 aliphatic heterocycles. The van der Waals surface area contributed by atoms with Crippen LogP contribution in [0.15, 0.2) is 53.8 Å². The summed E-state index contributed by atoms with van der Waals surface area (Å²) in [5.74, 6) is 0.748. The first-order valence-corrected chi connectivity index (χ1v) is 7.35. The summed E-state index contributed by atoms with van der Waals surface area (Å²) < 4.78 is 0. The highest BCUT2D eigenvalue weighted by Crippen LogP contribution is 2.23. The van der Waals surface area contributed by atoms with Gasteiger partial charge in [0.2, 0.25) is 6.23 Å². The maximum atomic E-state index is 5.55. The minimum Gasteiger partial charge on any atom is -0.265 e. The van der Waals surface area contributed by atoms with Crippen molar-refractivity contribution in [2.45, 2.75) is 32.4 Å². The van der Waals surface area contributed by atoms with Gasteiger partial charge in [0.1, 0.15) is 0 Å². The van der Waals surface area contributed by atoms with Gasteiger partial charge in [-0.15, -0.1) is 0 Å². The zero-order valence-corrected chi connectivity index (χ0v) is 12.1. The lowest BCUT2D eigenvalue weighted by atomic mass is 10.1. The summed E-state index contributed by atoms with van der Waals surface area (Å²) in [5, 5.41) is 0. The van der Waals surface area contributed by atoms with Gasteiger partial charge in [-0.3, -0.25) is 4.98 Å². The highest BCUT2D eigenvalue weighted by atomic mass is 16.7. The fourth-order valence-electron chi connectivity index (χ4n) is 2.30. The minimum absolute atomic E-state index is 0.284. The topological polar surface area (TPSA) is 46.5 Å². The predicted molar refractivity (Wildman–Crippen MR) is 82.8 cm³/mol. The van der Waals surface area contributed by atoms with Crippen LogP contribution in [0.25, 0.3) is 0 Å². The van der Waals surface area contributed by atoms with Gasteiger partial charge >= 0.3 is 0 Å². The molecule has 0 saturated carbocycles. The van der Waals surface area contributed by atoms with E-state index in [4.69, 9.17) is 4.84 Å². The molecule has 1 N–H and O–H groups in total. The van der Waals surface area contributed by atoms with Crippen LogP contribution in [0, 0.1) is 0 Å². The number of nitrogens with zero attached hydrogens (tertiary/aromatic N) is 2. The molecule has 0 spiro atoms. The van der Waals surface area contributed by atoms with Gasteiger partial charge in [0.25, 0.3) is 0 Å². The predicted octanol–water partition coefficient (Wildman–Crippen LogP) is 3.40. The molecule has 0 aliphatic carbocycles. The van der Waals surface area contributed by atoms with Crippen molar-refractivity contribution < 1.29 is 4.84 Å². The molecule has 1 unspecified atom stereocenters. The number of amidine groups is 1. The molecule has 4 heteroatoms. The molecule has 0 radical (unpaired) electrons. The molecule has 0 saturated heterocycles. The monoisotopic (exact) mass is 281 g/mol. The van der Waals surface area contributed by atoms with Gasteiger partial charge in [0, 0.05) is 23.5 Å². The summed E-state index contributed by atoms with van der Waals surface area (Å²) in [6.45, 7) is 2.21. The fourth-order valence-corrected chi connectivity index (χ4v) is 2.30. The highest BCUT2D eigenvalue weighted by Gasteiger charge is 2.20. The Morgan fingerprint density at radius 2 is 1.86 bits per heavy atom. The quantitative estimate of drug-likeness (QED) is 0.913. The molecule has 0 fully saturated rings. The van der Waals surface area contributed by atoms with Crippen LogP contribution in [0.5, 0.6) is 0 Å². The van der Waals surface area contributed by atoms with E-state index in [2.05, 4.69) is 46.6 Å². The number of rotatable bonds is 5. The van der Waals surface area contributed by atoms with Crippen LogP contribution >= 0.6 is 0 Å². The van der Waals surface area contributed by atoms with E-state index in [1.54, 1.807) is 12.4 Å². The molecule has 21 heavy (non-hydrogen) atoms. The van der Waals surface area contributed by atoms with Crippen molar-refractivity contribution in [1.82, 2.24) is 10.5 Å². The van der Waals surface area contributed by atoms with Crippen LogP contribution < -0.4 is 5.48 Å². The van der Waals surface area contributed by atoms with Crippen molar-refractivity contribution in [3.8, 4) is 0 Å². The zero-order chi connectivity index (χ0) is 14.5. The van der Waals surface area contributed by atoms with E-state index in [1.807, 2.05) is 12.1 Å². The molecule has 0 amide bonds. The van der Waals surface area contributed by atoms with Gasteiger partial charge < -0.3 is 0 Å². The first kappa shape index (κ1) is 13.8. The normalized spacial score (nSPS) is 17.4. The van der Waals surface area contributed by atoms with Crippen molar-refractivity contribution in [3.05, 3.63) is 65.5 Å². The molecule has 0 bridgehead atoms. The van der Waals surface area contributed by atoms with Crippen LogP contribution in [0.4, 0.5) is 0 Å². The van der Waals surface area contributed by atoms with Crippen LogP contribution in [-0.4, -0.2) is 10.8 Å².